The van der Waals surface area contributed by atoms with Gasteiger partial charge in [-0.25, -0.2) is 23.0 Å². The first-order chi connectivity index (χ1) is 42.4. The number of carboxylic acid groups (broad SMARTS) is 1. The Labute approximate surface area is 658 Å². The Morgan fingerprint density at radius 1 is 0.674 bits per heavy atom. The molecule has 1 aliphatic carbocycles. The second kappa shape index (κ2) is 41.4. The smallest absolute Gasteiger partial charge is 0.744 e. The van der Waals surface area contributed by atoms with E-state index in [-0.39, 0.29) is 210 Å². The fourth-order valence-electron chi connectivity index (χ4n) is 9.25. The number of carboxylic acids is 1. The number of rotatable bonds is 12. The Hall–Kier alpha value is -5.91. The molecule has 4 amide bonds. The maximum Gasteiger partial charge on any atom is 1.00 e. The third-order valence-electron chi connectivity index (χ3n) is 12.8. The van der Waals surface area contributed by atoms with Gasteiger partial charge in [0.1, 0.15) is 25.7 Å². The Balaban J connectivity index is 0.00000322. The van der Waals surface area contributed by atoms with Gasteiger partial charge in [0, 0.05) is 39.3 Å². The van der Waals surface area contributed by atoms with E-state index in [0.717, 1.165) is 22.9 Å². The number of benzene rings is 8. The Morgan fingerprint density at radius 2 is 1.22 bits per heavy atom. The fourth-order valence-corrected chi connectivity index (χ4v) is 10.6. The maximum atomic E-state index is 13.3. The number of fused-ring (bicyclic) bond motifs is 2. The summed E-state index contributed by atoms with van der Waals surface area (Å²) < 4.78 is 108. The van der Waals surface area contributed by atoms with Crippen LogP contribution in [0.5, 0.6) is 0 Å². The number of nitrogens with two attached hydrogens (primary N) is 1. The maximum absolute atomic E-state index is 13.3. The van der Waals surface area contributed by atoms with Crippen LogP contribution in [0.2, 0.25) is 0 Å². The van der Waals surface area contributed by atoms with Crippen LogP contribution in [0.1, 0.15) is 49.3 Å². The van der Waals surface area contributed by atoms with Crippen molar-refractivity contribution in [2.75, 3.05) is 32.3 Å². The summed E-state index contributed by atoms with van der Waals surface area (Å²) in [5, 5.41) is 34.3. The van der Waals surface area contributed by atoms with Crippen molar-refractivity contribution in [2.24, 2.45) is 0 Å². The van der Waals surface area contributed by atoms with Gasteiger partial charge in [-0.3, -0.25) is 9.35 Å². The molecule has 26 nitrogen and oxygen atoms in total. The molecule has 2 aliphatic rings. The van der Waals surface area contributed by atoms with E-state index >= 15 is 0 Å². The molecule has 468 valence electrons. The van der Waals surface area contributed by atoms with E-state index in [1.54, 1.807) is 57.2 Å². The summed E-state index contributed by atoms with van der Waals surface area (Å²) in [5.74, 6) is -1.44. The van der Waals surface area contributed by atoms with E-state index in [4.69, 9.17) is 42.4 Å². The molecular weight excluding hydrogens is 1350 g/mol. The molecule has 0 unspecified atom stereocenters. The Kier molecular flexibility index (Phi) is 38.8. The van der Waals surface area contributed by atoms with Crippen LogP contribution in [0.15, 0.2) is 148 Å². The van der Waals surface area contributed by atoms with Gasteiger partial charge in [0.05, 0.1) is 23.4 Å². The zero-order chi connectivity index (χ0) is 66.8. The minimum absolute atomic E-state index is 0. The summed E-state index contributed by atoms with van der Waals surface area (Å²) in [4.78, 5) is 67.1. The minimum Gasteiger partial charge on any atom is -0.744 e. The van der Waals surface area contributed by atoms with Crippen molar-refractivity contribution in [3.8, 4) is 22.5 Å². The number of anilines is 7. The summed E-state index contributed by atoms with van der Waals surface area (Å²) in [6.45, 7) is 12.5. The number of carbonyl (C=O) groups excluding carboxylic acids is 6. The predicted molar refractivity (Wildman–Crippen MR) is 322 cm³/mol. The van der Waals surface area contributed by atoms with Crippen molar-refractivity contribution in [3.63, 3.8) is 0 Å². The zero-order valence-electron chi connectivity index (χ0n) is 53.4. The van der Waals surface area contributed by atoms with E-state index in [1.807, 2.05) is 58.0 Å². The van der Waals surface area contributed by atoms with Crippen LogP contribution in [0.3, 0.4) is 0 Å². The topological polar surface area (TPSA) is 434 Å². The van der Waals surface area contributed by atoms with Gasteiger partial charge < -0.3 is 61.3 Å². The normalized spacial score (nSPS) is 10.2. The second-order valence-electron chi connectivity index (χ2n) is 19.1. The molecule has 0 spiro atoms. The number of nitrogen functional groups attached to an aromatic ring is 1. The fraction of sp³-hybridized carbons (Fsp3) is 0.115. The molecule has 0 saturated carbocycles. The van der Waals surface area contributed by atoms with E-state index in [9.17, 15) is 45.4 Å². The molecule has 0 fully saturated rings. The molecule has 0 bridgehead atoms. The van der Waals surface area contributed by atoms with Gasteiger partial charge in [0.2, 0.25) is 11.0 Å². The predicted octanol–water partition coefficient (Wildman–Crippen LogP) is -9.04. The zero-order valence-corrected chi connectivity index (χ0v) is 65.8. The van der Waals surface area contributed by atoms with Crippen molar-refractivity contribution >= 4 is 118 Å². The minimum atomic E-state index is -5.32. The molecular formula is C61H53N7Na5O19S3+. The van der Waals surface area contributed by atoms with E-state index in [0.29, 0.717) is 56.4 Å². The van der Waals surface area contributed by atoms with Gasteiger partial charge in [-0.05, 0) is 130 Å². The summed E-state index contributed by atoms with van der Waals surface area (Å²) in [7, 11) is -13.3. The quantitative estimate of drug-likeness (QED) is 0.00823. The number of nitrogens with one attached hydrogen (secondary N) is 6. The van der Waals surface area contributed by atoms with Crippen LogP contribution in [-0.2, 0) is 50.1 Å². The third kappa shape index (κ3) is 25.8. The van der Waals surface area contributed by atoms with E-state index < -0.39 is 58.7 Å². The van der Waals surface area contributed by atoms with Crippen molar-refractivity contribution in [2.45, 2.75) is 58.3 Å². The van der Waals surface area contributed by atoms with Crippen LogP contribution >= 0.6 is 0 Å². The van der Waals surface area contributed by atoms with E-state index in [2.05, 4.69) is 48.6 Å². The second-order valence-corrected chi connectivity index (χ2v) is 22.3. The summed E-state index contributed by atoms with van der Waals surface area (Å²) in [5.41, 5.74) is 14.4. The number of carbonyl (C=O) groups is 4. The molecule has 0 aromatic heterocycles. The van der Waals surface area contributed by atoms with Crippen molar-refractivity contribution < 1.29 is 240 Å². The van der Waals surface area contributed by atoms with Crippen LogP contribution in [0, 0.1) is 60.6 Å². The number of urea groups is 2. The molecule has 34 heteroatoms. The first kappa shape index (κ1) is 89.1. The van der Waals surface area contributed by atoms with Gasteiger partial charge in [-0.1, -0.05) is 70.9 Å². The molecule has 9 N–H and O–H groups in total. The standard InChI is InChI=1S/C52H44N6O11S2.C7H9N.CH2O3.CO2.5Na.O3S/c1-27-21-29(3)48(57-51(61)54-34-14-8-7-9-15-34)31(5)46(27)53-36-19-20-37-41(24-36)69-42-26-40(44(71(66,67)68)25-39(42)45(37)38-17-10-11-18-43(38)70(63,64)65)56-47-28(2)22-30(4)49(32(47)6)58-52(62)55-35-16-12-13-33(23-35)50(59)60;1-6-3-2-4-7(8)5-6;2-1-4-3;2-1-3;;;;;;1-4(2)3/h7-8,10-18,20-26,53H,1-6H3,(H,59,60)(H2,54,57,61)(H2,55,58,62)(H,63,64,65)(H,66,67,68);2-5H,8H2,1H3;1,3H;;;;;;;/q-2;;;;5*+1;/p-2. The molecule has 1 aliphatic heterocycles. The van der Waals surface area contributed by atoms with E-state index in [1.165, 1.54) is 66.2 Å². The van der Waals surface area contributed by atoms with Crippen LogP contribution in [-0.4, -0.2) is 69.2 Å². The Morgan fingerprint density at radius 3 is 1.75 bits per heavy atom. The van der Waals surface area contributed by atoms with Crippen molar-refractivity contribution in [1.29, 1.82) is 0 Å². The summed E-state index contributed by atoms with van der Waals surface area (Å²) in [6, 6.07) is 39.6. The van der Waals surface area contributed by atoms with Gasteiger partial charge in [0.15, 0.2) is 0 Å². The van der Waals surface area contributed by atoms with Crippen molar-refractivity contribution in [1.82, 2.24) is 0 Å². The number of amides is 4. The van der Waals surface area contributed by atoms with Crippen LogP contribution in [0.4, 0.5) is 55.1 Å². The number of hydrogen-bond acceptors (Lipinski definition) is 20. The molecule has 7 aromatic carbocycles. The van der Waals surface area contributed by atoms with Gasteiger partial charge >= 0.3 is 177 Å². The van der Waals surface area contributed by atoms with Gasteiger partial charge in [0.25, 0.3) is 16.6 Å². The molecule has 1 heterocycles. The first-order valence-electron chi connectivity index (χ1n) is 25.7. The molecule has 9 rings (SSSR count). The molecule has 0 atom stereocenters. The SMILES string of the molecule is Cc1cc(C)c(Nc2[c-]cc3c(-c4ccccc4S(=O)(=O)O)c4cc(S(=O)(=O)[O-])c(=[NH+]c5c(C)cc(C)c(NC(=O)Nc6cccc(C(=O)[O-])c6)c5C)cc-4oc3c2)c(C)c1NC(=O)Nc1c[c-]ccc1.Cc1cccc(N)c1.O=C=O.O=CO[O-].O=S(=O)=O.[Na+].[Na+].[Na+].[Na+].[Na+]. The van der Waals surface area contributed by atoms with Crippen molar-refractivity contribution in [3.05, 3.63) is 195 Å². The average Bonchev–Trinajstić information content (AvgIpc) is 0.736. The molecule has 7 aromatic rings. The monoisotopic (exact) mass is 1400 g/mol. The summed E-state index contributed by atoms with van der Waals surface area (Å²) >= 11 is 0. The van der Waals surface area contributed by atoms with Crippen LogP contribution in [0.25, 0.3) is 33.4 Å². The van der Waals surface area contributed by atoms with Gasteiger partial charge in [-0.15, -0.1) is 24.8 Å². The number of hydrogen-bond donors (Lipinski definition) is 8. The average molecular weight is 1400 g/mol. The van der Waals surface area contributed by atoms with Crippen LogP contribution < -0.4 is 201 Å². The third-order valence-corrected chi connectivity index (χ3v) is 14.6. The first-order valence-corrected chi connectivity index (χ1v) is 29.6. The van der Waals surface area contributed by atoms with Gasteiger partial charge in [-0.2, -0.15) is 54.4 Å². The summed E-state index contributed by atoms with van der Waals surface area (Å²) in [6.07, 6.45) is 0.250. The molecule has 95 heavy (non-hydrogen) atoms. The Bertz CT molecular complexity index is 4640. The number of aryl methyl sites for hydroxylation is 5. The largest absolute Gasteiger partial charge is 1.00 e. The molecule has 0 saturated heterocycles. The number of aromatic carboxylic acids is 1. The molecule has 0 radical (unpaired) electrons.